The highest BCUT2D eigenvalue weighted by atomic mass is 19.1. The van der Waals surface area contributed by atoms with Gasteiger partial charge in [0.25, 0.3) is 0 Å². The van der Waals surface area contributed by atoms with Crippen LogP contribution in [0.3, 0.4) is 0 Å². The van der Waals surface area contributed by atoms with Crippen molar-refractivity contribution in [2.75, 3.05) is 24.2 Å². The number of rotatable bonds is 5. The number of nitriles is 1. The number of amides is 4. The number of hydrogen-bond acceptors (Lipinski definition) is 5. The molecule has 9 nitrogen and oxygen atoms in total. The Morgan fingerprint density at radius 1 is 1.10 bits per heavy atom. The highest BCUT2D eigenvalue weighted by Crippen LogP contribution is 2.46. The number of halogens is 1. The molecule has 0 aromatic heterocycles. The zero-order valence-corrected chi connectivity index (χ0v) is 21.6. The van der Waals surface area contributed by atoms with Crippen LogP contribution < -0.4 is 10.6 Å². The van der Waals surface area contributed by atoms with Crippen molar-refractivity contribution in [2.45, 2.75) is 30.3 Å². The first-order chi connectivity index (χ1) is 19.2. The SMILES string of the molecule is CN(C(=O)C(=O)Nc1ccc(F)cc1)[C@@H](Cc1ccccc1)C(=O)N1C[C@]2(C[C@H]1C#N)C(=O)Nc1ccccc12. The fourth-order valence-electron chi connectivity index (χ4n) is 5.42. The first kappa shape index (κ1) is 26.6. The van der Waals surface area contributed by atoms with Crippen LogP contribution in [0.5, 0.6) is 0 Å². The van der Waals surface area contributed by atoms with Gasteiger partial charge in [-0.1, -0.05) is 48.5 Å². The Kier molecular flexibility index (Phi) is 7.05. The van der Waals surface area contributed by atoms with Crippen molar-refractivity contribution in [2.24, 2.45) is 0 Å². The quantitative estimate of drug-likeness (QED) is 0.483. The van der Waals surface area contributed by atoms with Crippen LogP contribution in [0.4, 0.5) is 15.8 Å². The molecule has 2 aliphatic heterocycles. The predicted octanol–water partition coefficient (Wildman–Crippen LogP) is 2.85. The molecule has 3 aromatic carbocycles. The standard InChI is InChI=1S/C30H26FN5O4/c1-35(28(39)26(37)33-21-13-11-20(31)12-14-21)25(15-19-7-3-2-4-8-19)27(38)36-18-30(16-22(36)17-32)23-9-5-6-10-24(23)34-29(30)40/h2-14,22,25H,15-16,18H2,1H3,(H,33,37)(H,34,40)/t22-,25-,30-/m0/s1. The number of carbonyl (C=O) groups excluding carboxylic acids is 4. The number of carbonyl (C=O) groups is 4. The lowest BCUT2D eigenvalue weighted by Crippen LogP contribution is -2.54. The zero-order valence-electron chi connectivity index (χ0n) is 21.6. The third-order valence-corrected chi connectivity index (χ3v) is 7.56. The van der Waals surface area contributed by atoms with E-state index >= 15 is 0 Å². The zero-order chi connectivity index (χ0) is 28.4. The van der Waals surface area contributed by atoms with Crippen LogP contribution >= 0.6 is 0 Å². The van der Waals surface area contributed by atoms with Crippen LogP contribution in [-0.2, 0) is 31.0 Å². The highest BCUT2D eigenvalue weighted by Gasteiger charge is 2.56. The number of fused-ring (bicyclic) bond motifs is 2. The largest absolute Gasteiger partial charge is 0.325 e. The summed E-state index contributed by atoms with van der Waals surface area (Å²) in [7, 11) is 1.35. The summed E-state index contributed by atoms with van der Waals surface area (Å²) in [6, 6.07) is 21.2. The van der Waals surface area contributed by atoms with Gasteiger partial charge in [0, 0.05) is 37.8 Å². The van der Waals surface area contributed by atoms with Gasteiger partial charge in [-0.2, -0.15) is 5.26 Å². The van der Waals surface area contributed by atoms with Gasteiger partial charge in [-0.3, -0.25) is 19.2 Å². The van der Waals surface area contributed by atoms with Crippen molar-refractivity contribution in [3.05, 3.63) is 95.8 Å². The van der Waals surface area contributed by atoms with E-state index in [0.717, 1.165) is 28.2 Å². The van der Waals surface area contributed by atoms with E-state index in [-0.39, 0.29) is 31.0 Å². The summed E-state index contributed by atoms with van der Waals surface area (Å²) in [5, 5.41) is 15.3. The second-order valence-electron chi connectivity index (χ2n) is 9.98. The Labute approximate surface area is 230 Å². The second kappa shape index (κ2) is 10.6. The maximum Gasteiger partial charge on any atom is 0.313 e. The lowest BCUT2D eigenvalue weighted by molar-refractivity contribution is -0.149. The molecule has 2 heterocycles. The normalized spacial score (nSPS) is 19.9. The Balaban J connectivity index is 1.43. The summed E-state index contributed by atoms with van der Waals surface area (Å²) < 4.78 is 13.3. The number of nitrogens with one attached hydrogen (secondary N) is 2. The van der Waals surface area contributed by atoms with Crippen molar-refractivity contribution in [1.82, 2.24) is 9.80 Å². The van der Waals surface area contributed by atoms with E-state index in [4.69, 9.17) is 0 Å². The molecule has 1 spiro atoms. The molecule has 0 radical (unpaired) electrons. The summed E-state index contributed by atoms with van der Waals surface area (Å²) in [5.74, 6) is -3.31. The third-order valence-electron chi connectivity index (χ3n) is 7.56. The number of likely N-dealkylation sites (tertiary alicyclic amines) is 1. The molecule has 0 saturated carbocycles. The fourth-order valence-corrected chi connectivity index (χ4v) is 5.42. The van der Waals surface area contributed by atoms with Gasteiger partial charge in [-0.05, 0) is 41.5 Å². The Bertz CT molecular complexity index is 1520. The molecule has 2 aliphatic rings. The second-order valence-corrected chi connectivity index (χ2v) is 9.98. The van der Waals surface area contributed by atoms with Crippen LogP contribution in [0.1, 0.15) is 17.5 Å². The van der Waals surface area contributed by atoms with Gasteiger partial charge in [-0.15, -0.1) is 0 Å². The van der Waals surface area contributed by atoms with Crippen LogP contribution in [0.25, 0.3) is 0 Å². The van der Waals surface area contributed by atoms with E-state index in [1.165, 1.54) is 24.1 Å². The lowest BCUT2D eigenvalue weighted by Gasteiger charge is -2.32. The van der Waals surface area contributed by atoms with Gasteiger partial charge in [0.15, 0.2) is 0 Å². The molecule has 202 valence electrons. The molecule has 0 aliphatic carbocycles. The molecule has 0 bridgehead atoms. The van der Waals surface area contributed by atoms with Crippen LogP contribution in [0.15, 0.2) is 78.9 Å². The van der Waals surface area contributed by atoms with Crippen LogP contribution in [-0.4, -0.2) is 59.1 Å². The topological polar surface area (TPSA) is 123 Å². The van der Waals surface area contributed by atoms with Crippen molar-refractivity contribution in [3.63, 3.8) is 0 Å². The third kappa shape index (κ3) is 4.78. The van der Waals surface area contributed by atoms with Crippen molar-refractivity contribution in [3.8, 4) is 6.07 Å². The van der Waals surface area contributed by atoms with E-state index in [2.05, 4.69) is 16.7 Å². The summed E-state index contributed by atoms with van der Waals surface area (Å²) in [6.07, 6.45) is 0.190. The molecule has 1 fully saturated rings. The summed E-state index contributed by atoms with van der Waals surface area (Å²) >= 11 is 0. The maximum absolute atomic E-state index is 14.1. The number of nitrogens with zero attached hydrogens (tertiary/aromatic N) is 3. The van der Waals surface area contributed by atoms with Gasteiger partial charge >= 0.3 is 11.8 Å². The number of anilines is 2. The van der Waals surface area contributed by atoms with Gasteiger partial charge < -0.3 is 20.4 Å². The van der Waals surface area contributed by atoms with E-state index in [1.807, 2.05) is 12.1 Å². The Morgan fingerprint density at radius 2 is 1.77 bits per heavy atom. The molecule has 10 heteroatoms. The molecule has 40 heavy (non-hydrogen) atoms. The average molecular weight is 540 g/mol. The van der Waals surface area contributed by atoms with E-state index in [0.29, 0.717) is 5.69 Å². The summed E-state index contributed by atoms with van der Waals surface area (Å²) in [5.41, 5.74) is 1.23. The molecular formula is C30H26FN5O4. The lowest BCUT2D eigenvalue weighted by atomic mass is 9.80. The average Bonchev–Trinajstić information content (AvgIpc) is 3.50. The van der Waals surface area contributed by atoms with Gasteiger partial charge in [0.2, 0.25) is 11.8 Å². The maximum atomic E-state index is 14.1. The Morgan fingerprint density at radius 3 is 2.48 bits per heavy atom. The number of likely N-dealkylation sites (N-methyl/N-ethyl adjacent to an activating group) is 1. The minimum Gasteiger partial charge on any atom is -0.325 e. The molecule has 0 unspecified atom stereocenters. The molecule has 4 amide bonds. The van der Waals surface area contributed by atoms with Gasteiger partial charge in [0.1, 0.15) is 17.9 Å². The van der Waals surface area contributed by atoms with Crippen LogP contribution in [0, 0.1) is 17.1 Å². The molecule has 3 atom stereocenters. The number of benzene rings is 3. The van der Waals surface area contributed by atoms with Crippen molar-refractivity contribution < 1.29 is 23.6 Å². The first-order valence-electron chi connectivity index (χ1n) is 12.7. The highest BCUT2D eigenvalue weighted by molar-refractivity contribution is 6.39. The first-order valence-corrected chi connectivity index (χ1v) is 12.7. The van der Waals surface area contributed by atoms with E-state index < -0.39 is 41.0 Å². The molecule has 3 aromatic rings. The smallest absolute Gasteiger partial charge is 0.313 e. The predicted molar refractivity (Wildman–Crippen MR) is 144 cm³/mol. The summed E-state index contributed by atoms with van der Waals surface area (Å²) in [6.45, 7) is -0.0397. The minimum absolute atomic E-state index is 0.0397. The summed E-state index contributed by atoms with van der Waals surface area (Å²) in [4.78, 5) is 55.7. The number of hydrogen-bond donors (Lipinski definition) is 2. The van der Waals surface area contributed by atoms with Gasteiger partial charge in [0.05, 0.1) is 11.5 Å². The van der Waals surface area contributed by atoms with Crippen LogP contribution in [0.2, 0.25) is 0 Å². The molecule has 1 saturated heterocycles. The Hall–Kier alpha value is -5.04. The number of para-hydroxylation sites is 1. The monoisotopic (exact) mass is 539 g/mol. The van der Waals surface area contributed by atoms with E-state index in [1.54, 1.807) is 42.5 Å². The van der Waals surface area contributed by atoms with Crippen molar-refractivity contribution >= 4 is 35.0 Å². The molecule has 2 N–H and O–H groups in total. The van der Waals surface area contributed by atoms with Gasteiger partial charge in [-0.25, -0.2) is 4.39 Å². The van der Waals surface area contributed by atoms with E-state index in [9.17, 15) is 28.8 Å². The molecule has 5 rings (SSSR count). The van der Waals surface area contributed by atoms with Crippen molar-refractivity contribution in [1.29, 1.82) is 5.26 Å². The molecular weight excluding hydrogens is 513 g/mol. The fraction of sp³-hybridized carbons (Fsp3) is 0.233. The minimum atomic E-state index is -1.14.